The summed E-state index contributed by atoms with van der Waals surface area (Å²) in [7, 11) is 0. The second-order valence-corrected chi connectivity index (χ2v) is 8.30. The topological polar surface area (TPSA) is 76.0 Å². The summed E-state index contributed by atoms with van der Waals surface area (Å²) in [4.78, 5) is 26.0. The van der Waals surface area contributed by atoms with Crippen molar-refractivity contribution < 1.29 is 9.59 Å². The standard InChI is InChI=1S/C24H21ClN4O2/c1-14-6-4-7-15(12-14)27-24(31)17-13-26-29-22(16-8-2-3-9-18(16)25)21-19(28-23(17)29)10-5-11-20(21)30/h2-4,6-9,12-13,22,28H,5,10-11H2,1H3,(H,27,31)/t22-/m0/s1. The highest BCUT2D eigenvalue weighted by atomic mass is 35.5. The molecule has 0 unspecified atom stereocenters. The summed E-state index contributed by atoms with van der Waals surface area (Å²) < 4.78 is 1.70. The third-order valence-electron chi connectivity index (χ3n) is 5.76. The molecule has 3 aromatic rings. The number of Topliss-reactive ketones (excluding diaryl/α,β-unsaturated/α-hetero) is 1. The molecule has 6 nitrogen and oxygen atoms in total. The first-order chi connectivity index (χ1) is 15.0. The monoisotopic (exact) mass is 432 g/mol. The number of aryl methyl sites for hydroxylation is 1. The van der Waals surface area contributed by atoms with E-state index >= 15 is 0 Å². The van der Waals surface area contributed by atoms with Gasteiger partial charge in [0.2, 0.25) is 0 Å². The maximum atomic E-state index is 13.1. The fourth-order valence-electron chi connectivity index (χ4n) is 4.33. The van der Waals surface area contributed by atoms with Crippen LogP contribution in [0.25, 0.3) is 0 Å². The van der Waals surface area contributed by atoms with Gasteiger partial charge < -0.3 is 10.6 Å². The summed E-state index contributed by atoms with van der Waals surface area (Å²) in [5.74, 6) is 0.401. The molecule has 0 saturated carbocycles. The van der Waals surface area contributed by atoms with Crippen molar-refractivity contribution in [2.24, 2.45) is 0 Å². The van der Waals surface area contributed by atoms with Crippen LogP contribution in [-0.4, -0.2) is 21.5 Å². The van der Waals surface area contributed by atoms with Crippen LogP contribution in [0.2, 0.25) is 5.02 Å². The number of rotatable bonds is 3. The van der Waals surface area contributed by atoms with Crippen LogP contribution in [-0.2, 0) is 4.79 Å². The van der Waals surface area contributed by atoms with Gasteiger partial charge in [0, 0.05) is 28.4 Å². The van der Waals surface area contributed by atoms with Crippen molar-refractivity contribution in [2.45, 2.75) is 32.2 Å². The Labute approximate surface area is 184 Å². The van der Waals surface area contributed by atoms with Gasteiger partial charge in [0.1, 0.15) is 17.4 Å². The Morgan fingerprint density at radius 1 is 1.19 bits per heavy atom. The number of nitrogens with zero attached hydrogens (tertiary/aromatic N) is 2. The number of fused-ring (bicyclic) bond motifs is 1. The van der Waals surface area contributed by atoms with Crippen molar-refractivity contribution >= 4 is 34.8 Å². The lowest BCUT2D eigenvalue weighted by atomic mass is 9.85. The molecular formula is C24H21ClN4O2. The van der Waals surface area contributed by atoms with E-state index in [0.717, 1.165) is 35.4 Å². The SMILES string of the molecule is Cc1cccc(NC(=O)c2cnn3c2NC2=C(C(=O)CCC2)[C@@H]3c2ccccc2Cl)c1. The number of hydrogen-bond donors (Lipinski definition) is 2. The number of allylic oxidation sites excluding steroid dienone is 2. The number of ketones is 1. The van der Waals surface area contributed by atoms with Gasteiger partial charge in [-0.25, -0.2) is 4.68 Å². The molecule has 1 aliphatic carbocycles. The number of carbonyl (C=O) groups is 2. The first-order valence-electron chi connectivity index (χ1n) is 10.3. The minimum absolute atomic E-state index is 0.0885. The Hall–Kier alpha value is -3.38. The zero-order valence-electron chi connectivity index (χ0n) is 17.0. The molecule has 0 spiro atoms. The van der Waals surface area contributed by atoms with Crippen molar-refractivity contribution in [3.05, 3.63) is 87.7 Å². The van der Waals surface area contributed by atoms with Crippen molar-refractivity contribution in [2.75, 3.05) is 10.6 Å². The maximum Gasteiger partial charge on any atom is 0.261 e. The van der Waals surface area contributed by atoms with Gasteiger partial charge in [0.25, 0.3) is 5.91 Å². The van der Waals surface area contributed by atoms with Crippen LogP contribution in [0.4, 0.5) is 11.5 Å². The fourth-order valence-corrected chi connectivity index (χ4v) is 4.57. The molecule has 1 aliphatic heterocycles. The fraction of sp³-hybridized carbons (Fsp3) is 0.208. The molecule has 0 bridgehead atoms. The number of nitrogens with one attached hydrogen (secondary N) is 2. The molecule has 0 fully saturated rings. The molecule has 1 aromatic heterocycles. The summed E-state index contributed by atoms with van der Waals surface area (Å²) in [6, 6.07) is 14.6. The van der Waals surface area contributed by atoms with Crippen LogP contribution >= 0.6 is 11.6 Å². The molecule has 0 saturated heterocycles. The molecule has 5 rings (SSSR count). The Bertz CT molecular complexity index is 1240. The van der Waals surface area contributed by atoms with Crippen LogP contribution in [0.3, 0.4) is 0 Å². The second-order valence-electron chi connectivity index (χ2n) is 7.89. The average Bonchev–Trinajstić information content (AvgIpc) is 3.17. The van der Waals surface area contributed by atoms with E-state index in [1.54, 1.807) is 16.9 Å². The van der Waals surface area contributed by atoms with E-state index in [0.29, 0.717) is 28.4 Å². The third kappa shape index (κ3) is 3.43. The van der Waals surface area contributed by atoms with Gasteiger partial charge >= 0.3 is 0 Å². The van der Waals surface area contributed by atoms with Crippen molar-refractivity contribution in [3.63, 3.8) is 0 Å². The lowest BCUT2D eigenvalue weighted by molar-refractivity contribution is -0.116. The molecular weight excluding hydrogens is 412 g/mol. The predicted molar refractivity (Wildman–Crippen MR) is 120 cm³/mol. The smallest absolute Gasteiger partial charge is 0.261 e. The molecule has 2 N–H and O–H groups in total. The average molecular weight is 433 g/mol. The number of aromatic nitrogens is 2. The molecule has 2 heterocycles. The number of hydrogen-bond acceptors (Lipinski definition) is 4. The minimum Gasteiger partial charge on any atom is -0.343 e. The van der Waals surface area contributed by atoms with E-state index in [1.165, 1.54) is 0 Å². The van der Waals surface area contributed by atoms with Crippen molar-refractivity contribution in [3.8, 4) is 0 Å². The zero-order valence-corrected chi connectivity index (χ0v) is 17.7. The summed E-state index contributed by atoms with van der Waals surface area (Å²) in [6.45, 7) is 1.97. The number of halogens is 1. The number of anilines is 2. The first-order valence-corrected chi connectivity index (χ1v) is 10.6. The van der Waals surface area contributed by atoms with Gasteiger partial charge in [-0.2, -0.15) is 5.10 Å². The van der Waals surface area contributed by atoms with Crippen molar-refractivity contribution in [1.29, 1.82) is 0 Å². The Morgan fingerprint density at radius 3 is 2.84 bits per heavy atom. The lowest BCUT2D eigenvalue weighted by Gasteiger charge is -2.33. The van der Waals surface area contributed by atoms with Gasteiger partial charge in [0.05, 0.1) is 6.20 Å². The molecule has 2 aliphatic rings. The summed E-state index contributed by atoms with van der Waals surface area (Å²) in [6.07, 6.45) is 3.56. The minimum atomic E-state index is -0.465. The number of benzene rings is 2. The quantitative estimate of drug-likeness (QED) is 0.602. The molecule has 1 atom stereocenters. The van der Waals surface area contributed by atoms with Crippen LogP contribution in [0.1, 0.15) is 46.8 Å². The van der Waals surface area contributed by atoms with Gasteiger partial charge in [-0.3, -0.25) is 9.59 Å². The van der Waals surface area contributed by atoms with Crippen LogP contribution < -0.4 is 10.6 Å². The summed E-state index contributed by atoms with van der Waals surface area (Å²) >= 11 is 6.52. The van der Waals surface area contributed by atoms with Gasteiger partial charge in [-0.05, 0) is 49.1 Å². The molecule has 31 heavy (non-hydrogen) atoms. The van der Waals surface area contributed by atoms with Crippen LogP contribution in [0.15, 0.2) is 66.0 Å². The van der Waals surface area contributed by atoms with E-state index in [9.17, 15) is 9.59 Å². The normalized spacial score (nSPS) is 17.6. The summed E-state index contributed by atoms with van der Waals surface area (Å²) in [5, 5.41) is 11.3. The zero-order chi connectivity index (χ0) is 21.5. The highest BCUT2D eigenvalue weighted by molar-refractivity contribution is 6.31. The van der Waals surface area contributed by atoms with Crippen molar-refractivity contribution in [1.82, 2.24) is 9.78 Å². The second kappa shape index (κ2) is 7.71. The Balaban J connectivity index is 1.59. The third-order valence-corrected chi connectivity index (χ3v) is 6.10. The Kier molecular flexibility index (Phi) is 4.87. The predicted octanol–water partition coefficient (Wildman–Crippen LogP) is 5.12. The van der Waals surface area contributed by atoms with Gasteiger partial charge in [-0.1, -0.05) is 41.9 Å². The highest BCUT2D eigenvalue weighted by Crippen LogP contribution is 2.43. The van der Waals surface area contributed by atoms with E-state index in [2.05, 4.69) is 15.7 Å². The van der Waals surface area contributed by atoms with Crippen LogP contribution in [0.5, 0.6) is 0 Å². The number of amides is 1. The highest BCUT2D eigenvalue weighted by Gasteiger charge is 2.38. The van der Waals surface area contributed by atoms with E-state index in [-0.39, 0.29) is 11.7 Å². The molecule has 7 heteroatoms. The van der Waals surface area contributed by atoms with Gasteiger partial charge in [0.15, 0.2) is 5.78 Å². The van der Waals surface area contributed by atoms with Crippen LogP contribution in [0, 0.1) is 6.92 Å². The van der Waals surface area contributed by atoms with E-state index in [1.807, 2.05) is 49.4 Å². The van der Waals surface area contributed by atoms with E-state index < -0.39 is 6.04 Å². The molecule has 1 amide bonds. The molecule has 2 aromatic carbocycles. The maximum absolute atomic E-state index is 13.1. The Morgan fingerprint density at radius 2 is 2.03 bits per heavy atom. The summed E-state index contributed by atoms with van der Waals surface area (Å²) in [5.41, 5.74) is 4.52. The first kappa shape index (κ1) is 19.6. The number of carbonyl (C=O) groups excluding carboxylic acids is 2. The largest absolute Gasteiger partial charge is 0.343 e. The van der Waals surface area contributed by atoms with Gasteiger partial charge in [-0.15, -0.1) is 0 Å². The molecule has 0 radical (unpaired) electrons. The van der Waals surface area contributed by atoms with E-state index in [4.69, 9.17) is 11.6 Å². The lowest BCUT2D eigenvalue weighted by Crippen LogP contribution is -2.32. The molecule has 156 valence electrons.